The molecule has 6 nitrogen and oxygen atoms in total. The van der Waals surface area contributed by atoms with Crippen molar-refractivity contribution in [2.24, 2.45) is 11.8 Å². The Labute approximate surface area is 226 Å². The smallest absolute Gasteiger partial charge is 0.357 e. The maximum absolute atomic E-state index is 14.0. The molecule has 0 unspecified atom stereocenters. The Bertz CT molecular complexity index is 1570. The minimum atomic E-state index is -4.59. The molecular formula is C29H21ClF3N3O3. The van der Waals surface area contributed by atoms with Crippen LogP contribution in [0, 0.1) is 18.8 Å². The summed E-state index contributed by atoms with van der Waals surface area (Å²) in [5, 5.41) is 2.94. The average Bonchev–Trinajstić information content (AvgIpc) is 3.38. The molecule has 0 aromatic heterocycles. The van der Waals surface area contributed by atoms with E-state index in [1.54, 1.807) is 42.3 Å². The number of imide groups is 1. The SMILES string of the molecule is Cc1c(Cl)cccc1N1C(=O)[C@@H]2[C@H](C1=O)[C@@H]1c3ccccc3C=CN1[C@@H]2C(=O)Nc1cccc(C(F)(F)F)c1. The maximum atomic E-state index is 14.0. The summed E-state index contributed by atoms with van der Waals surface area (Å²) in [6.45, 7) is 1.70. The number of carbonyl (C=O) groups is 3. The van der Waals surface area contributed by atoms with E-state index in [-0.39, 0.29) is 5.69 Å². The molecule has 3 aromatic rings. The van der Waals surface area contributed by atoms with Crippen LogP contribution in [0.4, 0.5) is 24.5 Å². The standard InChI is InChI=1S/C29H21ClF3N3O3/c1-15-20(30)10-5-11-21(15)36-27(38)22-23(28(36)39)25(35-13-12-16-6-2-3-9-19(16)24(22)35)26(37)34-18-8-4-7-17(14-18)29(31,32)33/h2-14,22-25H,1H3,(H,34,37)/t22-,23+,24-,25-/m0/s1. The number of nitrogens with zero attached hydrogens (tertiary/aromatic N) is 2. The minimum Gasteiger partial charge on any atom is -0.357 e. The minimum absolute atomic E-state index is 0.0597. The van der Waals surface area contributed by atoms with Gasteiger partial charge < -0.3 is 10.2 Å². The first kappa shape index (κ1) is 25.2. The Hall–Kier alpha value is -4.11. The number of hydrogen-bond acceptors (Lipinski definition) is 4. The highest BCUT2D eigenvalue weighted by atomic mass is 35.5. The van der Waals surface area contributed by atoms with Gasteiger partial charge in [0.15, 0.2) is 0 Å². The van der Waals surface area contributed by atoms with Gasteiger partial charge in [-0.2, -0.15) is 13.2 Å². The highest BCUT2D eigenvalue weighted by Gasteiger charge is 2.64. The summed E-state index contributed by atoms with van der Waals surface area (Å²) >= 11 is 6.29. The highest BCUT2D eigenvalue weighted by Crippen LogP contribution is 2.53. The highest BCUT2D eigenvalue weighted by molar-refractivity contribution is 6.32. The number of carbonyl (C=O) groups excluding carboxylic acids is 3. The molecule has 0 bridgehead atoms. The van der Waals surface area contributed by atoms with E-state index in [0.29, 0.717) is 16.3 Å². The van der Waals surface area contributed by atoms with E-state index in [4.69, 9.17) is 11.6 Å². The van der Waals surface area contributed by atoms with Crippen molar-refractivity contribution in [3.05, 3.63) is 100 Å². The Morgan fingerprint density at radius 1 is 0.949 bits per heavy atom. The van der Waals surface area contributed by atoms with E-state index in [9.17, 15) is 27.6 Å². The number of halogens is 4. The lowest BCUT2D eigenvalue weighted by Crippen LogP contribution is -2.46. The van der Waals surface area contributed by atoms with Crippen LogP contribution in [0.15, 0.2) is 72.9 Å². The van der Waals surface area contributed by atoms with Crippen LogP contribution in [0.25, 0.3) is 6.08 Å². The lowest BCUT2D eigenvalue weighted by atomic mass is 9.84. The fourth-order valence-corrected chi connectivity index (χ4v) is 6.09. The fraction of sp³-hybridized carbons (Fsp3) is 0.207. The summed E-state index contributed by atoms with van der Waals surface area (Å²) in [7, 11) is 0. The third-order valence-corrected chi connectivity index (χ3v) is 8.08. The number of rotatable bonds is 3. The zero-order chi connectivity index (χ0) is 27.6. The lowest BCUT2D eigenvalue weighted by Gasteiger charge is -2.35. The van der Waals surface area contributed by atoms with Gasteiger partial charge in [-0.3, -0.25) is 14.4 Å². The molecule has 0 radical (unpaired) electrons. The molecule has 2 fully saturated rings. The second-order valence-corrected chi connectivity index (χ2v) is 10.2. The summed E-state index contributed by atoms with van der Waals surface area (Å²) in [5.41, 5.74) is 1.56. The van der Waals surface area contributed by atoms with Crippen molar-refractivity contribution in [2.75, 3.05) is 10.2 Å². The Morgan fingerprint density at radius 3 is 2.44 bits per heavy atom. The lowest BCUT2D eigenvalue weighted by molar-refractivity contribution is -0.137. The van der Waals surface area contributed by atoms with E-state index in [2.05, 4.69) is 5.32 Å². The van der Waals surface area contributed by atoms with E-state index >= 15 is 0 Å². The maximum Gasteiger partial charge on any atom is 0.416 e. The first-order valence-corrected chi connectivity index (χ1v) is 12.6. The Kier molecular flexibility index (Phi) is 5.80. The number of hydrogen-bond donors (Lipinski definition) is 1. The molecule has 2 saturated heterocycles. The summed E-state index contributed by atoms with van der Waals surface area (Å²) in [6.07, 6.45) is -1.12. The summed E-state index contributed by atoms with van der Waals surface area (Å²) in [5.74, 6) is -3.65. The third kappa shape index (κ3) is 3.91. The fourth-order valence-electron chi connectivity index (χ4n) is 5.92. The van der Waals surface area contributed by atoms with E-state index in [0.717, 1.165) is 28.2 Å². The molecule has 3 amide bonds. The topological polar surface area (TPSA) is 69.7 Å². The summed E-state index contributed by atoms with van der Waals surface area (Å²) in [6, 6.07) is 14.9. The van der Waals surface area contributed by atoms with E-state index in [1.807, 2.05) is 24.3 Å². The molecule has 0 saturated carbocycles. The second kappa shape index (κ2) is 8.98. The number of anilines is 2. The van der Waals surface area contributed by atoms with E-state index < -0.39 is 53.4 Å². The molecule has 3 aliphatic rings. The van der Waals surface area contributed by atoms with Crippen molar-refractivity contribution in [1.82, 2.24) is 4.90 Å². The van der Waals surface area contributed by atoms with Gasteiger partial charge in [-0.05, 0) is 60.0 Å². The number of fused-ring (bicyclic) bond motifs is 5. The molecule has 1 N–H and O–H groups in total. The normalized spacial score (nSPS) is 23.5. The number of amides is 3. The molecule has 3 aromatic carbocycles. The van der Waals surface area contributed by atoms with Crippen molar-refractivity contribution in [2.45, 2.75) is 25.2 Å². The van der Waals surface area contributed by atoms with Gasteiger partial charge in [-0.1, -0.05) is 48.0 Å². The molecule has 0 spiro atoms. The van der Waals surface area contributed by atoms with Crippen molar-refractivity contribution in [1.29, 1.82) is 0 Å². The number of nitrogens with one attached hydrogen (secondary N) is 1. The summed E-state index contributed by atoms with van der Waals surface area (Å²) < 4.78 is 39.8. The van der Waals surface area contributed by atoms with Crippen molar-refractivity contribution in [3.63, 3.8) is 0 Å². The van der Waals surface area contributed by atoms with Crippen molar-refractivity contribution in [3.8, 4) is 0 Å². The number of benzene rings is 3. The zero-order valence-electron chi connectivity index (χ0n) is 20.4. The molecule has 39 heavy (non-hydrogen) atoms. The largest absolute Gasteiger partial charge is 0.416 e. The zero-order valence-corrected chi connectivity index (χ0v) is 21.2. The van der Waals surface area contributed by atoms with Crippen LogP contribution in [0.3, 0.4) is 0 Å². The van der Waals surface area contributed by atoms with Crippen LogP contribution >= 0.6 is 11.6 Å². The first-order valence-electron chi connectivity index (χ1n) is 12.2. The molecule has 3 aliphatic heterocycles. The van der Waals surface area contributed by atoms with Gasteiger partial charge in [0.1, 0.15) is 6.04 Å². The van der Waals surface area contributed by atoms with E-state index in [1.165, 1.54) is 12.1 Å². The molecule has 10 heteroatoms. The van der Waals surface area contributed by atoms with Gasteiger partial charge in [-0.15, -0.1) is 0 Å². The third-order valence-electron chi connectivity index (χ3n) is 7.67. The van der Waals surface area contributed by atoms with Crippen LogP contribution < -0.4 is 10.2 Å². The Balaban J connectivity index is 1.43. The van der Waals surface area contributed by atoms with Crippen LogP contribution in [0.1, 0.15) is 28.3 Å². The van der Waals surface area contributed by atoms with Gasteiger partial charge >= 0.3 is 6.18 Å². The molecule has 0 aliphatic carbocycles. The van der Waals surface area contributed by atoms with Crippen LogP contribution in [0.2, 0.25) is 5.02 Å². The quantitative estimate of drug-likeness (QED) is 0.416. The molecule has 6 rings (SSSR count). The van der Waals surface area contributed by atoms with Crippen molar-refractivity contribution < 1.29 is 27.6 Å². The van der Waals surface area contributed by atoms with Crippen LogP contribution in [-0.2, 0) is 20.6 Å². The molecule has 4 atom stereocenters. The molecular weight excluding hydrogens is 531 g/mol. The van der Waals surface area contributed by atoms with Gasteiger partial charge in [0.05, 0.1) is 29.1 Å². The predicted molar refractivity (Wildman–Crippen MR) is 140 cm³/mol. The van der Waals surface area contributed by atoms with Gasteiger partial charge in [0.25, 0.3) is 0 Å². The van der Waals surface area contributed by atoms with Crippen LogP contribution in [0.5, 0.6) is 0 Å². The van der Waals surface area contributed by atoms with Gasteiger partial charge in [0, 0.05) is 16.9 Å². The monoisotopic (exact) mass is 551 g/mol. The first-order chi connectivity index (χ1) is 18.6. The van der Waals surface area contributed by atoms with Gasteiger partial charge in [-0.25, -0.2) is 4.90 Å². The van der Waals surface area contributed by atoms with Crippen molar-refractivity contribution >= 4 is 46.8 Å². The van der Waals surface area contributed by atoms with Crippen LogP contribution in [-0.4, -0.2) is 28.7 Å². The molecule has 3 heterocycles. The Morgan fingerprint density at radius 2 is 1.67 bits per heavy atom. The van der Waals surface area contributed by atoms with Gasteiger partial charge in [0.2, 0.25) is 17.7 Å². The second-order valence-electron chi connectivity index (χ2n) is 9.80. The predicted octanol–water partition coefficient (Wildman–Crippen LogP) is 5.82. The number of alkyl halides is 3. The summed E-state index contributed by atoms with van der Waals surface area (Å²) in [4.78, 5) is 44.4. The molecule has 198 valence electrons. The average molecular weight is 552 g/mol.